The smallest absolute Gasteiger partial charge is 0.399 e. The van der Waals surface area contributed by atoms with Crippen LogP contribution in [0.2, 0.25) is 0 Å². The second kappa shape index (κ2) is 6.03. The highest BCUT2D eigenvalue weighted by Gasteiger charge is 2.52. The largest absolute Gasteiger partial charge is 0.496 e. The van der Waals surface area contributed by atoms with Gasteiger partial charge in [0.1, 0.15) is 11.9 Å². The SMILES string of the molecule is CC1(C)OB(c2cnc(N3CCC(N)CC3)c(C#N)c2)OC1(C)C. The molecule has 2 aliphatic rings. The molecule has 0 spiro atoms. The standard InChI is InChI=1S/C17H25BN4O2/c1-16(2)17(3,4)24-18(23-16)13-9-12(10-19)15(21-11-13)22-7-5-14(20)6-8-22/h9,11,14H,5-8,20H2,1-4H3. The molecule has 0 bridgehead atoms. The topological polar surface area (TPSA) is 84.4 Å². The first-order valence-corrected chi connectivity index (χ1v) is 8.50. The Kier molecular flexibility index (Phi) is 4.33. The minimum atomic E-state index is -0.501. The summed E-state index contributed by atoms with van der Waals surface area (Å²) >= 11 is 0. The lowest BCUT2D eigenvalue weighted by molar-refractivity contribution is 0.00578. The van der Waals surface area contributed by atoms with E-state index in [0.29, 0.717) is 5.56 Å². The number of pyridine rings is 1. The summed E-state index contributed by atoms with van der Waals surface area (Å²) < 4.78 is 12.1. The maximum Gasteiger partial charge on any atom is 0.496 e. The Morgan fingerprint density at radius 3 is 2.38 bits per heavy atom. The number of anilines is 1. The number of hydrogen-bond donors (Lipinski definition) is 1. The number of aromatic nitrogens is 1. The van der Waals surface area contributed by atoms with Crippen LogP contribution < -0.4 is 16.1 Å². The van der Waals surface area contributed by atoms with Crippen molar-refractivity contribution < 1.29 is 9.31 Å². The van der Waals surface area contributed by atoms with Crippen LogP contribution in [0.4, 0.5) is 5.82 Å². The van der Waals surface area contributed by atoms with Gasteiger partial charge in [-0.05, 0) is 46.6 Å². The Morgan fingerprint density at radius 1 is 1.25 bits per heavy atom. The van der Waals surface area contributed by atoms with E-state index in [4.69, 9.17) is 15.0 Å². The first kappa shape index (κ1) is 17.2. The average molecular weight is 328 g/mol. The normalized spacial score (nSPS) is 23.3. The van der Waals surface area contributed by atoms with Crippen LogP contribution in [0.1, 0.15) is 46.1 Å². The van der Waals surface area contributed by atoms with Crippen LogP contribution in [0.15, 0.2) is 12.3 Å². The second-order valence-corrected chi connectivity index (χ2v) is 7.66. The monoisotopic (exact) mass is 328 g/mol. The van der Waals surface area contributed by atoms with E-state index in [2.05, 4.69) is 16.0 Å². The molecule has 1 aromatic rings. The van der Waals surface area contributed by atoms with Crippen molar-refractivity contribution >= 4 is 18.4 Å². The van der Waals surface area contributed by atoms with E-state index in [1.165, 1.54) is 0 Å². The molecule has 3 rings (SSSR count). The molecule has 0 aromatic carbocycles. The van der Waals surface area contributed by atoms with Crippen LogP contribution in [0.3, 0.4) is 0 Å². The van der Waals surface area contributed by atoms with Crippen molar-refractivity contribution in [2.24, 2.45) is 5.73 Å². The lowest BCUT2D eigenvalue weighted by Crippen LogP contribution is -2.41. The minimum absolute atomic E-state index is 0.246. The highest BCUT2D eigenvalue weighted by molar-refractivity contribution is 6.62. The Balaban J connectivity index is 1.84. The van der Waals surface area contributed by atoms with Gasteiger partial charge in [-0.2, -0.15) is 5.26 Å². The van der Waals surface area contributed by atoms with Crippen molar-refractivity contribution in [1.82, 2.24) is 4.98 Å². The Hall–Kier alpha value is -1.62. The van der Waals surface area contributed by atoms with E-state index in [9.17, 15) is 5.26 Å². The van der Waals surface area contributed by atoms with Crippen molar-refractivity contribution in [3.63, 3.8) is 0 Å². The molecule has 0 radical (unpaired) electrons. The van der Waals surface area contributed by atoms with Gasteiger partial charge in [0.05, 0.1) is 16.8 Å². The summed E-state index contributed by atoms with van der Waals surface area (Å²) in [5.74, 6) is 0.727. The molecule has 2 aliphatic heterocycles. The van der Waals surface area contributed by atoms with Gasteiger partial charge in [-0.3, -0.25) is 0 Å². The molecule has 3 heterocycles. The zero-order chi connectivity index (χ0) is 17.5. The van der Waals surface area contributed by atoms with Crippen LogP contribution in [0, 0.1) is 11.3 Å². The van der Waals surface area contributed by atoms with E-state index in [1.54, 1.807) is 6.20 Å². The fourth-order valence-corrected chi connectivity index (χ4v) is 3.03. The average Bonchev–Trinajstić information content (AvgIpc) is 2.76. The summed E-state index contributed by atoms with van der Waals surface area (Å²) in [6.07, 6.45) is 3.60. The Bertz CT molecular complexity index is 647. The molecule has 24 heavy (non-hydrogen) atoms. The Morgan fingerprint density at radius 2 is 1.83 bits per heavy atom. The van der Waals surface area contributed by atoms with Crippen LogP contribution in [-0.2, 0) is 9.31 Å². The third-order valence-electron chi connectivity index (χ3n) is 5.37. The summed E-state index contributed by atoms with van der Waals surface area (Å²) in [7, 11) is -0.501. The van der Waals surface area contributed by atoms with Gasteiger partial charge < -0.3 is 19.9 Å². The second-order valence-electron chi connectivity index (χ2n) is 7.66. The molecule has 0 aliphatic carbocycles. The van der Waals surface area contributed by atoms with E-state index in [1.807, 2.05) is 33.8 Å². The molecule has 0 amide bonds. The van der Waals surface area contributed by atoms with E-state index in [-0.39, 0.29) is 6.04 Å². The number of piperidine rings is 1. The first-order valence-electron chi connectivity index (χ1n) is 8.50. The minimum Gasteiger partial charge on any atom is -0.399 e. The van der Waals surface area contributed by atoms with Crippen LogP contribution in [0.5, 0.6) is 0 Å². The molecule has 2 saturated heterocycles. The van der Waals surface area contributed by atoms with Gasteiger partial charge >= 0.3 is 7.12 Å². The van der Waals surface area contributed by atoms with Crippen molar-refractivity contribution in [3.05, 3.63) is 17.8 Å². The molecule has 6 nitrogen and oxygen atoms in total. The lowest BCUT2D eigenvalue weighted by atomic mass is 9.79. The van der Waals surface area contributed by atoms with Gasteiger partial charge in [-0.15, -0.1) is 0 Å². The third kappa shape index (κ3) is 3.02. The maximum atomic E-state index is 9.55. The first-order chi connectivity index (χ1) is 11.2. The summed E-state index contributed by atoms with van der Waals surface area (Å²) in [5.41, 5.74) is 6.47. The highest BCUT2D eigenvalue weighted by atomic mass is 16.7. The Labute approximate surface area is 144 Å². The van der Waals surface area contributed by atoms with E-state index in [0.717, 1.165) is 37.2 Å². The van der Waals surface area contributed by atoms with E-state index >= 15 is 0 Å². The third-order valence-corrected chi connectivity index (χ3v) is 5.37. The van der Waals surface area contributed by atoms with E-state index < -0.39 is 18.3 Å². The number of hydrogen-bond acceptors (Lipinski definition) is 6. The summed E-state index contributed by atoms with van der Waals surface area (Å²) in [6.45, 7) is 9.71. The van der Waals surface area contributed by atoms with Crippen molar-refractivity contribution in [3.8, 4) is 6.07 Å². The molecule has 128 valence electrons. The molecule has 2 fully saturated rings. The van der Waals surface area contributed by atoms with Gasteiger partial charge in [-0.1, -0.05) is 0 Å². The van der Waals surface area contributed by atoms with Gasteiger partial charge in [0, 0.05) is 30.8 Å². The van der Waals surface area contributed by atoms with Crippen molar-refractivity contribution in [1.29, 1.82) is 5.26 Å². The van der Waals surface area contributed by atoms with Crippen molar-refractivity contribution in [2.45, 2.75) is 57.8 Å². The summed E-state index contributed by atoms with van der Waals surface area (Å²) in [6, 6.07) is 4.34. The van der Waals surface area contributed by atoms with Gasteiger partial charge in [-0.25, -0.2) is 4.98 Å². The molecular formula is C17H25BN4O2. The molecule has 2 N–H and O–H groups in total. The fraction of sp³-hybridized carbons (Fsp3) is 0.647. The molecule has 0 atom stereocenters. The zero-order valence-corrected chi connectivity index (χ0v) is 14.9. The number of rotatable bonds is 2. The quantitative estimate of drug-likeness (QED) is 0.821. The molecule has 7 heteroatoms. The summed E-state index contributed by atoms with van der Waals surface area (Å²) in [4.78, 5) is 6.68. The van der Waals surface area contributed by atoms with Crippen molar-refractivity contribution in [2.75, 3.05) is 18.0 Å². The lowest BCUT2D eigenvalue weighted by Gasteiger charge is -2.32. The molecule has 1 aromatic heterocycles. The fourth-order valence-electron chi connectivity index (χ4n) is 3.03. The number of nitriles is 1. The van der Waals surface area contributed by atoms with Gasteiger partial charge in [0.2, 0.25) is 0 Å². The van der Waals surface area contributed by atoms with Crippen LogP contribution in [0.25, 0.3) is 0 Å². The predicted molar refractivity (Wildman–Crippen MR) is 94.1 cm³/mol. The predicted octanol–water partition coefficient (Wildman–Crippen LogP) is 1.18. The molecule has 0 saturated carbocycles. The van der Waals surface area contributed by atoms with Crippen LogP contribution >= 0.6 is 0 Å². The number of nitrogens with zero attached hydrogens (tertiary/aromatic N) is 3. The van der Waals surface area contributed by atoms with Gasteiger partial charge in [0.15, 0.2) is 0 Å². The van der Waals surface area contributed by atoms with Crippen LogP contribution in [-0.4, -0.2) is 42.4 Å². The maximum absolute atomic E-state index is 9.55. The summed E-state index contributed by atoms with van der Waals surface area (Å²) in [5, 5.41) is 9.55. The zero-order valence-electron chi connectivity index (χ0n) is 14.9. The van der Waals surface area contributed by atoms with Gasteiger partial charge in [0.25, 0.3) is 0 Å². The molecular weight excluding hydrogens is 303 g/mol. The molecule has 0 unspecified atom stereocenters. The number of nitrogens with two attached hydrogens (primary N) is 1. The highest BCUT2D eigenvalue weighted by Crippen LogP contribution is 2.36.